The van der Waals surface area contributed by atoms with E-state index in [1.807, 2.05) is 6.07 Å². The third-order valence-electron chi connectivity index (χ3n) is 8.77. The van der Waals surface area contributed by atoms with Crippen molar-refractivity contribution < 1.29 is 5.11 Å². The van der Waals surface area contributed by atoms with Crippen molar-refractivity contribution in [3.63, 3.8) is 0 Å². The Hall–Kier alpha value is -2.91. The highest BCUT2D eigenvalue weighted by Gasteiger charge is 2.50. The minimum Gasteiger partial charge on any atom is -0.390 e. The van der Waals surface area contributed by atoms with Crippen LogP contribution in [-0.2, 0) is 18.3 Å². The van der Waals surface area contributed by atoms with Crippen molar-refractivity contribution in [1.29, 1.82) is 0 Å². The number of nitrogens with one attached hydrogen (secondary N) is 1. The predicted molar refractivity (Wildman–Crippen MR) is 139 cm³/mol. The number of fused-ring (bicyclic) bond motifs is 4. The van der Waals surface area contributed by atoms with Crippen molar-refractivity contribution in [3.8, 4) is 11.4 Å². The number of nitrogens with zero attached hydrogens (tertiary/aromatic N) is 1. The molecule has 0 spiro atoms. The van der Waals surface area contributed by atoms with E-state index in [4.69, 9.17) is 4.98 Å². The molecule has 6 rings (SSSR count). The normalized spacial score (nSPS) is 26.6. The van der Waals surface area contributed by atoms with Crippen molar-refractivity contribution in [1.82, 2.24) is 9.97 Å². The Bertz CT molecular complexity index is 1280. The summed E-state index contributed by atoms with van der Waals surface area (Å²) in [4.78, 5) is 8.38. The summed E-state index contributed by atoms with van der Waals surface area (Å²) in [6.45, 7) is 2.15. The average Bonchev–Trinajstić information content (AvgIpc) is 3.25. The van der Waals surface area contributed by atoms with Crippen LogP contribution in [0, 0.1) is 5.92 Å². The van der Waals surface area contributed by atoms with Crippen molar-refractivity contribution in [2.45, 2.75) is 69.3 Å². The van der Waals surface area contributed by atoms with Crippen molar-refractivity contribution in [2.75, 3.05) is 0 Å². The number of para-hydroxylation sites is 2. The van der Waals surface area contributed by atoms with Crippen LogP contribution in [0.25, 0.3) is 22.4 Å². The van der Waals surface area contributed by atoms with Gasteiger partial charge in [-0.2, -0.15) is 0 Å². The van der Waals surface area contributed by atoms with E-state index >= 15 is 0 Å². The molecule has 0 unspecified atom stereocenters. The maximum absolute atomic E-state index is 11.3. The molecule has 2 aliphatic carbocycles. The summed E-state index contributed by atoms with van der Waals surface area (Å²) >= 11 is 0. The molecule has 2 aliphatic rings. The van der Waals surface area contributed by atoms with Crippen LogP contribution in [0.15, 0.2) is 72.8 Å². The zero-order valence-corrected chi connectivity index (χ0v) is 20.1. The standard InChI is InChI=1S/C31H34N2O/c1-2-30(34)17-18-31(20-22-9-4-3-5-10-22)25(21-30)12-8-11-23-19-24(15-16-26(23)31)29-32-27-13-6-7-14-28(27)33-29/h3-7,9-10,13-16,19,25,34H,2,8,11-12,17-18,20-21H2,1H3,(H,32,33)/t25-,30+,31-/m0/s1. The summed E-state index contributed by atoms with van der Waals surface area (Å²) in [6, 6.07) is 26.3. The van der Waals surface area contributed by atoms with Crippen molar-refractivity contribution >= 4 is 11.0 Å². The van der Waals surface area contributed by atoms with Gasteiger partial charge in [-0.15, -0.1) is 0 Å². The van der Waals surface area contributed by atoms with Crippen LogP contribution in [0.3, 0.4) is 0 Å². The molecule has 174 valence electrons. The Kier molecular flexibility index (Phi) is 5.33. The lowest BCUT2D eigenvalue weighted by Crippen LogP contribution is -2.48. The Morgan fingerprint density at radius 1 is 1.00 bits per heavy atom. The highest BCUT2D eigenvalue weighted by atomic mass is 16.3. The first-order chi connectivity index (χ1) is 16.6. The fourth-order valence-electron chi connectivity index (χ4n) is 6.82. The molecule has 0 saturated heterocycles. The molecule has 3 atom stereocenters. The number of benzene rings is 3. The minimum atomic E-state index is -0.510. The van der Waals surface area contributed by atoms with Gasteiger partial charge in [-0.05, 0) is 92.2 Å². The Balaban J connectivity index is 1.45. The summed E-state index contributed by atoms with van der Waals surface area (Å²) in [5.74, 6) is 1.45. The van der Waals surface area contributed by atoms with Crippen LogP contribution in [0.4, 0.5) is 0 Å². The van der Waals surface area contributed by atoms with E-state index in [2.05, 4.69) is 78.6 Å². The minimum absolute atomic E-state index is 0.0843. The summed E-state index contributed by atoms with van der Waals surface area (Å²) in [5, 5.41) is 11.3. The molecule has 1 aromatic heterocycles. The number of hydrogen-bond donors (Lipinski definition) is 2. The third kappa shape index (κ3) is 3.67. The van der Waals surface area contributed by atoms with E-state index < -0.39 is 5.60 Å². The lowest BCUT2D eigenvalue weighted by Gasteiger charge is -2.50. The number of rotatable bonds is 4. The second-order valence-electron chi connectivity index (χ2n) is 10.7. The lowest BCUT2D eigenvalue weighted by molar-refractivity contribution is -0.0497. The molecule has 3 nitrogen and oxygen atoms in total. The Morgan fingerprint density at radius 3 is 2.65 bits per heavy atom. The molecule has 0 bridgehead atoms. The smallest absolute Gasteiger partial charge is 0.138 e. The molecular weight excluding hydrogens is 416 g/mol. The third-order valence-corrected chi connectivity index (χ3v) is 8.77. The summed E-state index contributed by atoms with van der Waals surface area (Å²) in [6.07, 6.45) is 8.22. The van der Waals surface area contributed by atoms with Gasteiger partial charge in [0.25, 0.3) is 0 Å². The van der Waals surface area contributed by atoms with Crippen LogP contribution < -0.4 is 0 Å². The number of H-pyrrole nitrogens is 1. The second kappa shape index (κ2) is 8.39. The van der Waals surface area contributed by atoms with Crippen LogP contribution in [-0.4, -0.2) is 20.7 Å². The molecular formula is C31H34N2O. The number of aryl methyl sites for hydroxylation is 1. The fraction of sp³-hybridized carbons (Fsp3) is 0.387. The highest BCUT2D eigenvalue weighted by Crippen LogP contribution is 2.54. The zero-order chi connectivity index (χ0) is 23.2. The lowest BCUT2D eigenvalue weighted by atomic mass is 9.55. The van der Waals surface area contributed by atoms with Gasteiger partial charge in [0.15, 0.2) is 0 Å². The first-order valence-electron chi connectivity index (χ1n) is 12.9. The van der Waals surface area contributed by atoms with E-state index in [9.17, 15) is 5.11 Å². The number of imidazole rings is 1. The van der Waals surface area contributed by atoms with E-state index in [1.54, 1.807) is 0 Å². The maximum atomic E-state index is 11.3. The number of hydrogen-bond acceptors (Lipinski definition) is 2. The molecule has 4 aromatic rings. The fourth-order valence-corrected chi connectivity index (χ4v) is 6.82. The highest BCUT2D eigenvalue weighted by molar-refractivity contribution is 5.79. The van der Waals surface area contributed by atoms with Crippen molar-refractivity contribution in [3.05, 3.63) is 89.5 Å². The summed E-state index contributed by atoms with van der Waals surface area (Å²) in [7, 11) is 0. The van der Waals surface area contributed by atoms with E-state index in [0.717, 1.165) is 55.4 Å². The Morgan fingerprint density at radius 2 is 1.82 bits per heavy atom. The van der Waals surface area contributed by atoms with Gasteiger partial charge in [-0.25, -0.2) is 4.98 Å². The molecule has 3 aromatic carbocycles. The van der Waals surface area contributed by atoms with Gasteiger partial charge in [0, 0.05) is 11.0 Å². The molecule has 34 heavy (non-hydrogen) atoms. The molecule has 1 saturated carbocycles. The van der Waals surface area contributed by atoms with E-state index in [1.165, 1.54) is 35.1 Å². The summed E-state index contributed by atoms with van der Waals surface area (Å²) in [5.41, 5.74) is 7.23. The van der Waals surface area contributed by atoms with Gasteiger partial charge < -0.3 is 10.1 Å². The molecule has 1 fully saturated rings. The number of aromatic amines is 1. The summed E-state index contributed by atoms with van der Waals surface area (Å²) < 4.78 is 0. The molecule has 2 N–H and O–H groups in total. The number of aromatic nitrogens is 2. The van der Waals surface area contributed by atoms with Crippen molar-refractivity contribution in [2.24, 2.45) is 5.92 Å². The van der Waals surface area contributed by atoms with Crippen LogP contribution in [0.2, 0.25) is 0 Å². The topological polar surface area (TPSA) is 48.9 Å². The number of aliphatic hydroxyl groups is 1. The first kappa shape index (κ1) is 21.6. The largest absolute Gasteiger partial charge is 0.390 e. The van der Waals surface area contributed by atoms with Gasteiger partial charge >= 0.3 is 0 Å². The van der Waals surface area contributed by atoms with Crippen LogP contribution >= 0.6 is 0 Å². The van der Waals surface area contributed by atoms with E-state index in [-0.39, 0.29) is 5.41 Å². The average molecular weight is 451 g/mol. The Labute approximate surface area is 202 Å². The molecule has 0 amide bonds. The van der Waals surface area contributed by atoms with Gasteiger partial charge in [0.1, 0.15) is 5.82 Å². The molecule has 3 heteroatoms. The van der Waals surface area contributed by atoms with Gasteiger partial charge in [-0.1, -0.05) is 61.5 Å². The van der Waals surface area contributed by atoms with Crippen LogP contribution in [0.1, 0.15) is 62.1 Å². The van der Waals surface area contributed by atoms with Gasteiger partial charge in [0.05, 0.1) is 16.6 Å². The van der Waals surface area contributed by atoms with E-state index in [0.29, 0.717) is 5.92 Å². The zero-order valence-electron chi connectivity index (χ0n) is 20.1. The SMILES string of the molecule is CC[C@@]1(O)CC[C@@]2(Cc3ccccc3)c3ccc(-c4nc5ccccc5[nH]4)cc3CCC[C@H]2C1. The maximum Gasteiger partial charge on any atom is 0.138 e. The van der Waals surface area contributed by atoms with Gasteiger partial charge in [0.2, 0.25) is 0 Å². The van der Waals surface area contributed by atoms with Gasteiger partial charge in [-0.3, -0.25) is 0 Å². The molecule has 1 heterocycles. The van der Waals surface area contributed by atoms with Crippen LogP contribution in [0.5, 0.6) is 0 Å². The quantitative estimate of drug-likeness (QED) is 0.352. The molecule has 0 radical (unpaired) electrons. The first-order valence-corrected chi connectivity index (χ1v) is 12.9. The monoisotopic (exact) mass is 450 g/mol. The molecule has 0 aliphatic heterocycles. The predicted octanol–water partition coefficient (Wildman–Crippen LogP) is 6.99. The second-order valence-corrected chi connectivity index (χ2v) is 10.7.